The second-order valence-corrected chi connectivity index (χ2v) is 10.3. The van der Waals surface area contributed by atoms with Crippen molar-refractivity contribution in [1.29, 1.82) is 0 Å². The molecular weight excluding hydrogens is 446 g/mol. The number of hydrogen-bond acceptors (Lipinski definition) is 5. The summed E-state index contributed by atoms with van der Waals surface area (Å²) in [5, 5.41) is 8.62. The lowest BCUT2D eigenvalue weighted by molar-refractivity contribution is 0.238. The van der Waals surface area contributed by atoms with Crippen molar-refractivity contribution in [3.05, 3.63) is 83.9 Å². The second-order valence-electron chi connectivity index (χ2n) is 8.74. The molecule has 34 heavy (non-hydrogen) atoms. The highest BCUT2D eigenvalue weighted by Gasteiger charge is 2.11. The van der Waals surface area contributed by atoms with Crippen molar-refractivity contribution in [2.75, 3.05) is 32.8 Å². The Balaban J connectivity index is 1.27. The van der Waals surface area contributed by atoms with Crippen molar-refractivity contribution in [3.8, 4) is 16.9 Å². The van der Waals surface area contributed by atoms with Gasteiger partial charge in [-0.2, -0.15) is 0 Å². The van der Waals surface area contributed by atoms with E-state index < -0.39 is 10.0 Å². The zero-order chi connectivity index (χ0) is 23.8. The third-order valence-corrected chi connectivity index (χ3v) is 7.07. The molecule has 1 fully saturated rings. The molecule has 4 rings (SSSR count). The van der Waals surface area contributed by atoms with Gasteiger partial charge in [-0.3, -0.25) is 4.90 Å². The van der Waals surface area contributed by atoms with Gasteiger partial charge in [-0.25, -0.2) is 13.6 Å². The fraction of sp³-hybridized carbons (Fsp3) is 0.333. The van der Waals surface area contributed by atoms with Crippen molar-refractivity contribution < 1.29 is 13.2 Å². The van der Waals surface area contributed by atoms with Crippen LogP contribution in [0.2, 0.25) is 0 Å². The lowest BCUT2D eigenvalue weighted by atomic mass is 10.0. The quantitative estimate of drug-likeness (QED) is 0.409. The van der Waals surface area contributed by atoms with E-state index in [-0.39, 0.29) is 4.90 Å². The van der Waals surface area contributed by atoms with E-state index in [0.29, 0.717) is 0 Å². The third-order valence-electron chi connectivity index (χ3n) is 6.14. The summed E-state index contributed by atoms with van der Waals surface area (Å²) in [5.41, 5.74) is 4.59. The smallest absolute Gasteiger partial charge is 0.238 e. The van der Waals surface area contributed by atoms with Gasteiger partial charge >= 0.3 is 0 Å². The molecule has 3 aromatic rings. The molecule has 0 aliphatic carbocycles. The number of hydrogen-bond donors (Lipinski definition) is 2. The Morgan fingerprint density at radius 3 is 2.32 bits per heavy atom. The van der Waals surface area contributed by atoms with Crippen LogP contribution in [0.15, 0.2) is 77.7 Å². The third kappa shape index (κ3) is 7.14. The van der Waals surface area contributed by atoms with Crippen LogP contribution >= 0.6 is 0 Å². The van der Waals surface area contributed by atoms with Crippen molar-refractivity contribution in [1.82, 2.24) is 10.2 Å². The Morgan fingerprint density at radius 1 is 0.882 bits per heavy atom. The Labute approximate surface area is 202 Å². The zero-order valence-electron chi connectivity index (χ0n) is 19.4. The Morgan fingerprint density at radius 2 is 1.59 bits per heavy atom. The van der Waals surface area contributed by atoms with Crippen LogP contribution in [0.25, 0.3) is 11.1 Å². The van der Waals surface area contributed by atoms with Gasteiger partial charge in [0.15, 0.2) is 0 Å². The Bertz CT molecular complexity index is 1170. The van der Waals surface area contributed by atoms with Crippen LogP contribution in [0.5, 0.6) is 5.75 Å². The molecule has 1 saturated heterocycles. The normalized spacial score (nSPS) is 14.4. The number of nitrogens with zero attached hydrogens (tertiary/aromatic N) is 1. The number of primary sulfonamides is 1. The average Bonchev–Trinajstić information content (AvgIpc) is 3.36. The largest absolute Gasteiger partial charge is 0.492 e. The van der Waals surface area contributed by atoms with E-state index in [2.05, 4.69) is 46.6 Å². The first-order valence-electron chi connectivity index (χ1n) is 11.8. The van der Waals surface area contributed by atoms with Gasteiger partial charge in [-0.15, -0.1) is 0 Å². The molecule has 0 aromatic heterocycles. The summed E-state index contributed by atoms with van der Waals surface area (Å²) >= 11 is 0. The van der Waals surface area contributed by atoms with E-state index in [1.165, 1.54) is 37.1 Å². The van der Waals surface area contributed by atoms with Crippen LogP contribution < -0.4 is 15.2 Å². The molecule has 0 spiro atoms. The van der Waals surface area contributed by atoms with Gasteiger partial charge in [0, 0.05) is 13.1 Å². The van der Waals surface area contributed by atoms with E-state index in [1.807, 2.05) is 24.3 Å². The Hall–Kier alpha value is -2.71. The maximum atomic E-state index is 11.4. The highest BCUT2D eigenvalue weighted by molar-refractivity contribution is 7.89. The maximum Gasteiger partial charge on any atom is 0.238 e. The first-order valence-corrected chi connectivity index (χ1v) is 13.4. The molecule has 0 radical (unpaired) electrons. The van der Waals surface area contributed by atoms with E-state index in [9.17, 15) is 8.42 Å². The van der Waals surface area contributed by atoms with Gasteiger partial charge in [-0.1, -0.05) is 42.5 Å². The summed E-state index contributed by atoms with van der Waals surface area (Å²) in [6.45, 7) is 5.64. The molecule has 1 aliphatic rings. The molecule has 3 aromatic carbocycles. The van der Waals surface area contributed by atoms with E-state index in [4.69, 9.17) is 9.88 Å². The minimum absolute atomic E-state index is 0.141. The summed E-state index contributed by atoms with van der Waals surface area (Å²) in [4.78, 5) is 2.60. The highest BCUT2D eigenvalue weighted by Crippen LogP contribution is 2.25. The molecule has 0 saturated carbocycles. The number of nitrogens with one attached hydrogen (secondary N) is 1. The first-order chi connectivity index (χ1) is 16.5. The first kappa shape index (κ1) is 24.4. The highest BCUT2D eigenvalue weighted by atomic mass is 32.2. The molecule has 1 heterocycles. The van der Waals surface area contributed by atoms with E-state index >= 15 is 0 Å². The maximum absolute atomic E-state index is 11.4. The predicted octanol–water partition coefficient (Wildman–Crippen LogP) is 3.81. The van der Waals surface area contributed by atoms with Crippen molar-refractivity contribution in [2.45, 2.75) is 30.7 Å². The summed E-state index contributed by atoms with van der Waals surface area (Å²) < 4.78 is 28.7. The summed E-state index contributed by atoms with van der Waals surface area (Å²) in [5.74, 6) is 0.911. The van der Waals surface area contributed by atoms with Gasteiger partial charge in [0.05, 0.1) is 4.90 Å². The molecule has 1 aliphatic heterocycles. The van der Waals surface area contributed by atoms with E-state index in [1.54, 1.807) is 12.1 Å². The number of rotatable bonds is 11. The van der Waals surface area contributed by atoms with Crippen LogP contribution in [-0.4, -0.2) is 46.1 Å². The summed E-state index contributed by atoms with van der Waals surface area (Å²) in [6.07, 6.45) is 3.41. The second kappa shape index (κ2) is 11.6. The van der Waals surface area contributed by atoms with Crippen molar-refractivity contribution >= 4 is 10.0 Å². The van der Waals surface area contributed by atoms with Crippen LogP contribution in [0.4, 0.5) is 0 Å². The van der Waals surface area contributed by atoms with Crippen LogP contribution in [-0.2, 0) is 23.0 Å². The van der Waals surface area contributed by atoms with Gasteiger partial charge in [0.2, 0.25) is 10.0 Å². The van der Waals surface area contributed by atoms with Gasteiger partial charge in [0.25, 0.3) is 0 Å². The molecule has 0 atom stereocenters. The van der Waals surface area contributed by atoms with Crippen LogP contribution in [0.3, 0.4) is 0 Å². The molecule has 0 bridgehead atoms. The number of likely N-dealkylation sites (tertiary alicyclic amines) is 1. The minimum Gasteiger partial charge on any atom is -0.492 e. The van der Waals surface area contributed by atoms with E-state index in [0.717, 1.165) is 49.5 Å². The predicted molar refractivity (Wildman–Crippen MR) is 136 cm³/mol. The molecule has 0 amide bonds. The van der Waals surface area contributed by atoms with Gasteiger partial charge in [-0.05, 0) is 91.5 Å². The zero-order valence-corrected chi connectivity index (χ0v) is 20.3. The Kier molecular flexibility index (Phi) is 8.34. The molecule has 180 valence electrons. The fourth-order valence-electron chi connectivity index (χ4n) is 4.24. The van der Waals surface area contributed by atoms with Crippen molar-refractivity contribution in [3.63, 3.8) is 0 Å². The summed E-state index contributed by atoms with van der Waals surface area (Å²) in [6, 6.07) is 23.6. The fourth-order valence-corrected chi connectivity index (χ4v) is 4.75. The number of benzene rings is 3. The summed E-state index contributed by atoms with van der Waals surface area (Å²) in [7, 11) is -3.64. The number of nitrogens with two attached hydrogens (primary N) is 1. The van der Waals surface area contributed by atoms with Crippen molar-refractivity contribution in [2.24, 2.45) is 5.14 Å². The van der Waals surface area contributed by atoms with Gasteiger partial charge < -0.3 is 10.1 Å². The van der Waals surface area contributed by atoms with Crippen LogP contribution in [0, 0.1) is 0 Å². The molecule has 6 nitrogen and oxygen atoms in total. The molecule has 0 unspecified atom stereocenters. The monoisotopic (exact) mass is 479 g/mol. The minimum atomic E-state index is -3.64. The average molecular weight is 480 g/mol. The number of sulfonamides is 1. The van der Waals surface area contributed by atoms with Crippen LogP contribution in [0.1, 0.15) is 24.0 Å². The topological polar surface area (TPSA) is 84.7 Å². The SMILES string of the molecule is NS(=O)(=O)c1ccc(CCNCc2cccc(-c3cccc(OCCN4CCCC4)c3)c2)cc1. The molecule has 3 N–H and O–H groups in total. The lowest BCUT2D eigenvalue weighted by Gasteiger charge is -2.15. The lowest BCUT2D eigenvalue weighted by Crippen LogP contribution is -2.25. The van der Waals surface area contributed by atoms with Gasteiger partial charge in [0.1, 0.15) is 12.4 Å². The molecule has 7 heteroatoms. The molecular formula is C27H33N3O3S. The number of ether oxygens (including phenoxy) is 1. The standard InChI is InChI=1S/C27H33N3O3S/c28-34(31,32)27-11-9-22(10-12-27)13-14-29-21-23-5-3-6-24(19-23)25-7-4-8-26(20-25)33-18-17-30-15-1-2-16-30/h3-12,19-20,29H,1-2,13-18,21H2,(H2,28,31,32).